The van der Waals surface area contributed by atoms with E-state index in [1.54, 1.807) is 18.2 Å². The van der Waals surface area contributed by atoms with Crippen molar-refractivity contribution in [2.24, 2.45) is 0 Å². The molecule has 1 spiro atoms. The summed E-state index contributed by atoms with van der Waals surface area (Å²) in [4.78, 5) is 50.2. The van der Waals surface area contributed by atoms with Crippen LogP contribution in [0.3, 0.4) is 0 Å². The van der Waals surface area contributed by atoms with E-state index in [0.29, 0.717) is 43.2 Å². The van der Waals surface area contributed by atoms with Gasteiger partial charge in [-0.15, -0.1) is 0 Å². The van der Waals surface area contributed by atoms with Gasteiger partial charge >= 0.3 is 12.1 Å². The fourth-order valence-electron chi connectivity index (χ4n) is 4.03. The van der Waals surface area contributed by atoms with Gasteiger partial charge in [-0.3, -0.25) is 19.8 Å². The van der Waals surface area contributed by atoms with Crippen LogP contribution in [-0.2, 0) is 9.59 Å². The monoisotopic (exact) mass is 416 g/mol. The van der Waals surface area contributed by atoms with Crippen LogP contribution in [0.25, 0.3) is 0 Å². The normalized spacial score (nSPS) is 19.8. The Balaban J connectivity index is 1.33. The first-order chi connectivity index (χ1) is 14.5. The molecule has 3 aliphatic rings. The largest absolute Gasteiger partial charge is 0.490 e. The fraction of sp³-hybridized carbons (Fsp3) is 0.500. The van der Waals surface area contributed by atoms with E-state index in [1.165, 1.54) is 0 Å². The number of hydrogen-bond acceptors (Lipinski definition) is 6. The van der Waals surface area contributed by atoms with E-state index in [-0.39, 0.29) is 0 Å². The summed E-state index contributed by atoms with van der Waals surface area (Å²) in [5.74, 6) is -0.0534. The van der Waals surface area contributed by atoms with E-state index in [1.807, 2.05) is 0 Å². The van der Waals surface area contributed by atoms with Gasteiger partial charge in [-0.05, 0) is 25.0 Å². The Hall–Kier alpha value is -3.30. The highest BCUT2D eigenvalue weighted by Crippen LogP contribution is 2.34. The van der Waals surface area contributed by atoms with E-state index in [9.17, 15) is 19.2 Å². The van der Waals surface area contributed by atoms with Crippen molar-refractivity contribution in [2.75, 3.05) is 25.1 Å². The molecule has 0 radical (unpaired) electrons. The summed E-state index contributed by atoms with van der Waals surface area (Å²) in [6.45, 7) is 0.550. The molecule has 10 heteroatoms. The van der Waals surface area contributed by atoms with Crippen molar-refractivity contribution in [3.05, 3.63) is 18.2 Å². The third kappa shape index (κ3) is 4.03. The zero-order chi connectivity index (χ0) is 21.1. The summed E-state index contributed by atoms with van der Waals surface area (Å²) in [5, 5.41) is 7.42. The Morgan fingerprint density at radius 2 is 1.77 bits per heavy atom. The zero-order valence-electron chi connectivity index (χ0n) is 16.5. The average molecular weight is 416 g/mol. The maximum absolute atomic E-state index is 12.7. The molecule has 2 heterocycles. The number of fused-ring (bicyclic) bond motifs is 1. The Kier molecular flexibility index (Phi) is 5.47. The molecule has 1 aromatic rings. The molecule has 30 heavy (non-hydrogen) atoms. The van der Waals surface area contributed by atoms with Crippen molar-refractivity contribution in [3.8, 4) is 11.5 Å². The minimum atomic E-state index is -0.901. The molecule has 1 aromatic carbocycles. The summed E-state index contributed by atoms with van der Waals surface area (Å²) < 4.78 is 11.1. The zero-order valence-corrected chi connectivity index (χ0v) is 16.5. The molecular formula is C20H24N4O6. The van der Waals surface area contributed by atoms with Gasteiger partial charge in [0.05, 0.1) is 13.2 Å². The lowest BCUT2D eigenvalue weighted by Crippen LogP contribution is -2.49. The van der Waals surface area contributed by atoms with E-state index in [0.717, 1.165) is 30.6 Å². The van der Waals surface area contributed by atoms with Crippen LogP contribution in [0.4, 0.5) is 15.3 Å². The average Bonchev–Trinajstić information content (AvgIpc) is 2.89. The SMILES string of the molecule is O=C(CN1C(=O)NC2(CCCCC2)C1=O)NC(=O)Nc1ccc2c(c1)OCCCO2. The predicted molar refractivity (Wildman–Crippen MR) is 105 cm³/mol. The molecule has 1 saturated carbocycles. The van der Waals surface area contributed by atoms with Crippen LogP contribution in [0.15, 0.2) is 18.2 Å². The Bertz CT molecular complexity index is 880. The molecule has 0 aromatic heterocycles. The number of amides is 6. The minimum absolute atomic E-state index is 0.398. The summed E-state index contributed by atoms with van der Waals surface area (Å²) in [7, 11) is 0. The molecule has 4 rings (SSSR count). The topological polar surface area (TPSA) is 126 Å². The number of benzene rings is 1. The van der Waals surface area contributed by atoms with Gasteiger partial charge in [-0.1, -0.05) is 19.3 Å². The lowest BCUT2D eigenvalue weighted by molar-refractivity contribution is -0.135. The quantitative estimate of drug-likeness (QED) is 0.645. The third-order valence-electron chi connectivity index (χ3n) is 5.51. The van der Waals surface area contributed by atoms with E-state index in [2.05, 4.69) is 16.0 Å². The van der Waals surface area contributed by atoms with Gasteiger partial charge in [-0.25, -0.2) is 9.59 Å². The number of rotatable bonds is 3. The highest BCUT2D eigenvalue weighted by molar-refractivity contribution is 6.10. The fourth-order valence-corrected chi connectivity index (χ4v) is 4.03. The smallest absolute Gasteiger partial charge is 0.325 e. The minimum Gasteiger partial charge on any atom is -0.490 e. The number of imide groups is 2. The first-order valence-corrected chi connectivity index (χ1v) is 10.1. The molecule has 1 aliphatic carbocycles. The molecule has 3 N–H and O–H groups in total. The van der Waals surface area contributed by atoms with Crippen molar-refractivity contribution in [3.63, 3.8) is 0 Å². The summed E-state index contributed by atoms with van der Waals surface area (Å²) in [6.07, 6.45) is 4.62. The van der Waals surface area contributed by atoms with Crippen molar-refractivity contribution < 1.29 is 28.7 Å². The summed E-state index contributed by atoms with van der Waals surface area (Å²) in [6, 6.07) is 3.54. The molecule has 10 nitrogen and oxygen atoms in total. The molecule has 1 saturated heterocycles. The molecule has 6 amide bonds. The van der Waals surface area contributed by atoms with E-state index < -0.39 is 36.0 Å². The highest BCUT2D eigenvalue weighted by Gasteiger charge is 2.51. The van der Waals surface area contributed by atoms with Crippen molar-refractivity contribution in [1.82, 2.24) is 15.5 Å². The van der Waals surface area contributed by atoms with Crippen LogP contribution in [0, 0.1) is 0 Å². The van der Waals surface area contributed by atoms with Gasteiger partial charge in [0.2, 0.25) is 5.91 Å². The third-order valence-corrected chi connectivity index (χ3v) is 5.51. The van der Waals surface area contributed by atoms with Crippen LogP contribution in [-0.4, -0.2) is 54.1 Å². The van der Waals surface area contributed by atoms with Gasteiger partial charge in [0.15, 0.2) is 11.5 Å². The number of anilines is 1. The maximum Gasteiger partial charge on any atom is 0.325 e. The molecule has 0 atom stereocenters. The molecular weight excluding hydrogens is 392 g/mol. The Morgan fingerprint density at radius 3 is 2.53 bits per heavy atom. The molecule has 160 valence electrons. The van der Waals surface area contributed by atoms with Crippen LogP contribution in [0.1, 0.15) is 38.5 Å². The Labute approximate surface area is 173 Å². The number of carbonyl (C=O) groups is 4. The molecule has 0 unspecified atom stereocenters. The first kappa shape index (κ1) is 20.0. The second-order valence-corrected chi connectivity index (χ2v) is 7.68. The highest BCUT2D eigenvalue weighted by atomic mass is 16.5. The van der Waals surface area contributed by atoms with Crippen molar-refractivity contribution in [1.29, 1.82) is 0 Å². The van der Waals surface area contributed by atoms with E-state index in [4.69, 9.17) is 9.47 Å². The summed E-state index contributed by atoms with van der Waals surface area (Å²) >= 11 is 0. The number of hydrogen-bond donors (Lipinski definition) is 3. The van der Waals surface area contributed by atoms with Gasteiger partial charge in [0.1, 0.15) is 12.1 Å². The lowest BCUT2D eigenvalue weighted by atomic mass is 9.82. The van der Waals surface area contributed by atoms with Crippen molar-refractivity contribution >= 4 is 29.6 Å². The maximum atomic E-state index is 12.7. The number of nitrogens with one attached hydrogen (secondary N) is 3. The summed E-state index contributed by atoms with van der Waals surface area (Å²) in [5.41, 5.74) is -0.484. The van der Waals surface area contributed by atoms with Gasteiger partial charge in [0.25, 0.3) is 5.91 Å². The van der Waals surface area contributed by atoms with Crippen molar-refractivity contribution in [2.45, 2.75) is 44.1 Å². The van der Waals surface area contributed by atoms with E-state index >= 15 is 0 Å². The predicted octanol–water partition coefficient (Wildman–Crippen LogP) is 1.75. The second kappa shape index (κ2) is 8.21. The number of ether oxygens (including phenoxy) is 2. The molecule has 2 aliphatic heterocycles. The van der Waals surface area contributed by atoms with Crippen LogP contribution < -0.4 is 25.4 Å². The molecule has 2 fully saturated rings. The Morgan fingerprint density at radius 1 is 1.03 bits per heavy atom. The van der Waals surface area contributed by atoms with Gasteiger partial charge < -0.3 is 20.1 Å². The first-order valence-electron chi connectivity index (χ1n) is 10.1. The molecule has 0 bridgehead atoms. The second-order valence-electron chi connectivity index (χ2n) is 7.68. The van der Waals surface area contributed by atoms with Gasteiger partial charge in [0, 0.05) is 18.2 Å². The van der Waals surface area contributed by atoms with Crippen LogP contribution in [0.5, 0.6) is 11.5 Å². The standard InChI is InChI=1S/C20H24N4O6/c25-16(12-24-17(26)20(23-19(24)28)7-2-1-3-8-20)22-18(27)21-13-5-6-14-15(11-13)30-10-4-9-29-14/h5-6,11H,1-4,7-10,12H2,(H,23,28)(H2,21,22,25,27). The van der Waals surface area contributed by atoms with Gasteiger partial charge in [-0.2, -0.15) is 0 Å². The van der Waals surface area contributed by atoms with Crippen LogP contribution in [0.2, 0.25) is 0 Å². The van der Waals surface area contributed by atoms with Crippen LogP contribution >= 0.6 is 0 Å². The number of carbonyl (C=O) groups excluding carboxylic acids is 4. The lowest BCUT2D eigenvalue weighted by Gasteiger charge is -2.30. The number of nitrogens with zero attached hydrogens (tertiary/aromatic N) is 1. The number of urea groups is 2.